The molecule has 0 bridgehead atoms. The molecular weight excluding hydrogens is 328 g/mol. The number of hydrogen-bond donors (Lipinski definition) is 0. The molecule has 0 N–H and O–H groups in total. The molecule has 0 radical (unpaired) electrons. The second kappa shape index (κ2) is 13.2. The van der Waals surface area contributed by atoms with Crippen molar-refractivity contribution in [3.05, 3.63) is 47.5 Å². The summed E-state index contributed by atoms with van der Waals surface area (Å²) >= 11 is 0. The van der Waals surface area contributed by atoms with E-state index in [9.17, 15) is 9.59 Å². The normalized spacial score (nSPS) is 10.4. The van der Waals surface area contributed by atoms with E-state index in [0.717, 1.165) is 18.4 Å². The molecule has 1 rings (SSSR count). The predicted octanol–water partition coefficient (Wildman–Crippen LogP) is 5.72. The number of esters is 2. The van der Waals surface area contributed by atoms with E-state index in [4.69, 9.17) is 9.47 Å². The highest BCUT2D eigenvalue weighted by atomic mass is 16.5. The summed E-state index contributed by atoms with van der Waals surface area (Å²) in [6.45, 7) is 8.20. The second-order valence-corrected chi connectivity index (χ2v) is 6.69. The lowest BCUT2D eigenvalue weighted by molar-refractivity contribution is 0.0467. The van der Waals surface area contributed by atoms with Gasteiger partial charge in [0, 0.05) is 0 Å². The minimum Gasteiger partial charge on any atom is -0.462 e. The monoisotopic (exact) mass is 360 g/mol. The number of ether oxygens (including phenoxy) is 2. The number of carbonyl (C=O) groups excluding carboxylic acids is 2. The van der Waals surface area contributed by atoms with Gasteiger partial charge in [0.25, 0.3) is 0 Å². The molecule has 0 aliphatic heterocycles. The van der Waals surface area contributed by atoms with E-state index >= 15 is 0 Å². The minimum atomic E-state index is -0.535. The maximum Gasteiger partial charge on any atom is 0.339 e. The molecule has 4 nitrogen and oxygen atoms in total. The Labute approximate surface area is 157 Å². The summed E-state index contributed by atoms with van der Waals surface area (Å²) in [5.41, 5.74) is 1.22. The van der Waals surface area contributed by atoms with Crippen LogP contribution in [0.2, 0.25) is 0 Å². The van der Waals surface area contributed by atoms with Gasteiger partial charge in [0.2, 0.25) is 0 Å². The zero-order chi connectivity index (χ0) is 19.2. The van der Waals surface area contributed by atoms with Gasteiger partial charge in [0.05, 0.1) is 17.7 Å². The third-order valence-electron chi connectivity index (χ3n) is 4.05. The zero-order valence-corrected chi connectivity index (χ0v) is 16.2. The van der Waals surface area contributed by atoms with Crippen molar-refractivity contribution < 1.29 is 19.1 Å². The highest BCUT2D eigenvalue weighted by Gasteiger charge is 2.18. The Morgan fingerprint density at radius 3 is 1.88 bits per heavy atom. The van der Waals surface area contributed by atoms with Crippen LogP contribution in [0.4, 0.5) is 0 Å². The van der Waals surface area contributed by atoms with Crippen LogP contribution < -0.4 is 0 Å². The lowest BCUT2D eigenvalue weighted by Crippen LogP contribution is -2.15. The van der Waals surface area contributed by atoms with Crippen molar-refractivity contribution in [3.8, 4) is 0 Å². The molecule has 0 unspecified atom stereocenters. The molecule has 0 heterocycles. The quantitative estimate of drug-likeness (QED) is 0.256. The van der Waals surface area contributed by atoms with Crippen LogP contribution in [-0.4, -0.2) is 25.2 Å². The van der Waals surface area contributed by atoms with Crippen LogP contribution in [-0.2, 0) is 9.47 Å². The fourth-order valence-corrected chi connectivity index (χ4v) is 2.58. The van der Waals surface area contributed by atoms with Crippen molar-refractivity contribution in [1.82, 2.24) is 0 Å². The maximum absolute atomic E-state index is 12.3. The summed E-state index contributed by atoms with van der Waals surface area (Å²) in [5, 5.41) is 0. The average Bonchev–Trinajstić information content (AvgIpc) is 2.64. The number of carbonyl (C=O) groups is 2. The second-order valence-electron chi connectivity index (χ2n) is 6.69. The van der Waals surface area contributed by atoms with Crippen LogP contribution in [0.5, 0.6) is 0 Å². The summed E-state index contributed by atoms with van der Waals surface area (Å²) in [7, 11) is 0. The minimum absolute atomic E-state index is 0.139. The molecule has 0 fully saturated rings. The van der Waals surface area contributed by atoms with Crippen LogP contribution in [0.25, 0.3) is 0 Å². The molecule has 0 spiro atoms. The van der Waals surface area contributed by atoms with Gasteiger partial charge in [-0.1, -0.05) is 70.6 Å². The lowest BCUT2D eigenvalue weighted by atomic mass is 10.1. The van der Waals surface area contributed by atoms with Crippen molar-refractivity contribution in [2.75, 3.05) is 13.2 Å². The number of rotatable bonds is 13. The molecule has 0 saturated heterocycles. The summed E-state index contributed by atoms with van der Waals surface area (Å²) in [4.78, 5) is 24.4. The van der Waals surface area contributed by atoms with Gasteiger partial charge in [-0.05, 0) is 31.1 Å². The van der Waals surface area contributed by atoms with Crippen LogP contribution in [0.15, 0.2) is 36.4 Å². The van der Waals surface area contributed by atoms with E-state index in [1.54, 1.807) is 31.2 Å². The summed E-state index contributed by atoms with van der Waals surface area (Å²) < 4.78 is 10.5. The number of benzene rings is 1. The van der Waals surface area contributed by atoms with E-state index in [0.29, 0.717) is 6.61 Å². The molecule has 0 aliphatic carbocycles. The summed E-state index contributed by atoms with van der Waals surface area (Å²) in [6, 6.07) is 6.58. The fraction of sp³-hybridized carbons (Fsp3) is 0.545. The van der Waals surface area contributed by atoms with Gasteiger partial charge in [-0.15, -0.1) is 0 Å². The molecule has 144 valence electrons. The van der Waals surface area contributed by atoms with Crippen LogP contribution in [0.1, 0.15) is 85.9 Å². The maximum atomic E-state index is 12.3. The molecule has 1 aromatic rings. The van der Waals surface area contributed by atoms with Gasteiger partial charge in [-0.2, -0.15) is 0 Å². The molecule has 4 heteroatoms. The van der Waals surface area contributed by atoms with Crippen molar-refractivity contribution in [3.63, 3.8) is 0 Å². The Bertz CT molecular complexity index is 577. The van der Waals surface area contributed by atoms with E-state index in [2.05, 4.69) is 13.5 Å². The first-order chi connectivity index (χ1) is 12.6. The number of hydrogen-bond acceptors (Lipinski definition) is 4. The molecule has 0 saturated carbocycles. The topological polar surface area (TPSA) is 52.6 Å². The Balaban J connectivity index is 2.36. The van der Waals surface area contributed by atoms with Gasteiger partial charge in [-0.3, -0.25) is 0 Å². The molecular formula is C22H32O4. The van der Waals surface area contributed by atoms with Gasteiger partial charge < -0.3 is 9.47 Å². The van der Waals surface area contributed by atoms with Gasteiger partial charge >= 0.3 is 11.9 Å². The highest BCUT2D eigenvalue weighted by Crippen LogP contribution is 2.13. The summed E-state index contributed by atoms with van der Waals surface area (Å²) in [6.07, 6.45) is 9.49. The molecule has 0 amide bonds. The van der Waals surface area contributed by atoms with Gasteiger partial charge in [0.1, 0.15) is 6.61 Å². The standard InChI is InChI=1S/C22H32O4/c1-4-5-6-7-8-9-10-13-16-25-21(23)19-14-11-12-15-20(19)22(24)26-17-18(2)3/h11-12,14-15H,2,4-10,13,16-17H2,1,3H3. The van der Waals surface area contributed by atoms with Crippen molar-refractivity contribution in [1.29, 1.82) is 0 Å². The SMILES string of the molecule is C=C(C)COC(=O)c1ccccc1C(=O)OCCCCCCCCCC. The fourth-order valence-electron chi connectivity index (χ4n) is 2.58. The summed E-state index contributed by atoms with van der Waals surface area (Å²) in [5.74, 6) is -1.01. The number of unbranched alkanes of at least 4 members (excludes halogenated alkanes) is 7. The molecule has 0 aromatic heterocycles. The third-order valence-corrected chi connectivity index (χ3v) is 4.05. The zero-order valence-electron chi connectivity index (χ0n) is 16.2. The molecule has 0 atom stereocenters. The Kier molecular flexibility index (Phi) is 11.1. The predicted molar refractivity (Wildman–Crippen MR) is 104 cm³/mol. The molecule has 26 heavy (non-hydrogen) atoms. The van der Waals surface area contributed by atoms with E-state index in [1.807, 2.05) is 0 Å². The van der Waals surface area contributed by atoms with Crippen LogP contribution in [0, 0.1) is 0 Å². The molecule has 1 aromatic carbocycles. The smallest absolute Gasteiger partial charge is 0.339 e. The first kappa shape index (κ1) is 21.9. The largest absolute Gasteiger partial charge is 0.462 e. The van der Waals surface area contributed by atoms with Gasteiger partial charge in [-0.25, -0.2) is 9.59 Å². The Hall–Kier alpha value is -2.10. The van der Waals surface area contributed by atoms with Crippen molar-refractivity contribution in [2.45, 2.75) is 65.2 Å². The first-order valence-electron chi connectivity index (χ1n) is 9.64. The third kappa shape index (κ3) is 8.84. The highest BCUT2D eigenvalue weighted by molar-refractivity contribution is 6.03. The Morgan fingerprint density at radius 1 is 0.846 bits per heavy atom. The van der Waals surface area contributed by atoms with Crippen molar-refractivity contribution >= 4 is 11.9 Å². The first-order valence-corrected chi connectivity index (χ1v) is 9.64. The van der Waals surface area contributed by atoms with Crippen LogP contribution in [0.3, 0.4) is 0 Å². The Morgan fingerprint density at radius 2 is 1.35 bits per heavy atom. The average molecular weight is 360 g/mol. The van der Waals surface area contributed by atoms with E-state index in [-0.39, 0.29) is 17.7 Å². The van der Waals surface area contributed by atoms with Crippen LogP contribution >= 0.6 is 0 Å². The van der Waals surface area contributed by atoms with E-state index < -0.39 is 11.9 Å². The van der Waals surface area contributed by atoms with Gasteiger partial charge in [0.15, 0.2) is 0 Å². The lowest BCUT2D eigenvalue weighted by Gasteiger charge is -2.10. The molecule has 0 aliphatic rings. The van der Waals surface area contributed by atoms with Crippen molar-refractivity contribution in [2.24, 2.45) is 0 Å². The van der Waals surface area contributed by atoms with E-state index in [1.165, 1.54) is 38.5 Å².